The molecule has 0 unspecified atom stereocenters. The van der Waals surface area contributed by atoms with Crippen molar-refractivity contribution in [2.45, 2.75) is 6.42 Å². The lowest BCUT2D eigenvalue weighted by atomic mass is 10.4. The summed E-state index contributed by atoms with van der Waals surface area (Å²) >= 11 is 0. The minimum absolute atomic E-state index is 0.250. The number of nitrogens with one attached hydrogen (secondary N) is 1. The van der Waals surface area contributed by atoms with E-state index in [2.05, 4.69) is 4.99 Å². The van der Waals surface area contributed by atoms with Crippen molar-refractivity contribution in [1.29, 1.82) is 5.26 Å². The molecule has 1 rings (SSSR count). The summed E-state index contributed by atoms with van der Waals surface area (Å²) in [5.74, 6) is 0.250. The molecule has 0 aliphatic carbocycles. The van der Waals surface area contributed by atoms with E-state index in [1.165, 1.54) is 0 Å². The summed E-state index contributed by atoms with van der Waals surface area (Å²) in [6.45, 7) is 1.66. The van der Waals surface area contributed by atoms with E-state index in [9.17, 15) is 10.1 Å². The van der Waals surface area contributed by atoms with Crippen LogP contribution in [0.4, 0.5) is 0 Å². The summed E-state index contributed by atoms with van der Waals surface area (Å²) in [4.78, 5) is 15.7. The molecule has 0 saturated heterocycles. The molecule has 70 valence electrons. The molecule has 0 saturated carbocycles. The van der Waals surface area contributed by atoms with E-state index in [-0.39, 0.29) is 5.96 Å². The van der Waals surface area contributed by atoms with Crippen molar-refractivity contribution in [3.63, 3.8) is 0 Å². The molecule has 0 amide bonds. The number of hydrogen-bond donors (Lipinski definition) is 1. The summed E-state index contributed by atoms with van der Waals surface area (Å²) in [5, 5.41) is 17.8. The number of hydrogen-bond acceptors (Lipinski definition) is 5. The van der Waals surface area contributed by atoms with Crippen LogP contribution in [0.2, 0.25) is 0 Å². The molecule has 7 nitrogen and oxygen atoms in total. The largest absolute Gasteiger partial charge is 0.336 e. The number of nitriles is 1. The fourth-order valence-corrected chi connectivity index (χ4v) is 1.07. The predicted molar refractivity (Wildman–Crippen MR) is 44.2 cm³/mol. The van der Waals surface area contributed by atoms with Gasteiger partial charge in [0.15, 0.2) is 5.03 Å². The molecule has 0 bridgehead atoms. The van der Waals surface area contributed by atoms with Crippen LogP contribution >= 0.6 is 0 Å². The van der Waals surface area contributed by atoms with Gasteiger partial charge in [0, 0.05) is 13.1 Å². The fourth-order valence-electron chi connectivity index (χ4n) is 1.07. The van der Waals surface area contributed by atoms with E-state index in [1.807, 2.05) is 11.5 Å². The first-order chi connectivity index (χ1) is 6.24. The summed E-state index contributed by atoms with van der Waals surface area (Å²) in [6.07, 6.45) is 0.346. The predicted octanol–water partition coefficient (Wildman–Crippen LogP) is -0.647. The summed E-state index contributed by atoms with van der Waals surface area (Å²) in [6, 6.07) is 1.97. The minimum atomic E-state index is -0.649. The van der Waals surface area contributed by atoms with Gasteiger partial charge in [-0.05, 0) is 0 Å². The Morgan fingerprint density at radius 2 is 2.62 bits per heavy atom. The monoisotopic (exact) mass is 183 g/mol. The Hall–Kier alpha value is -1.84. The van der Waals surface area contributed by atoms with Gasteiger partial charge in [-0.3, -0.25) is 0 Å². The highest BCUT2D eigenvalue weighted by Crippen LogP contribution is 1.99. The average molecular weight is 183 g/mol. The highest BCUT2D eigenvalue weighted by Gasteiger charge is 2.19. The Kier molecular flexibility index (Phi) is 3.03. The van der Waals surface area contributed by atoms with Crippen LogP contribution in [0.15, 0.2) is 4.99 Å². The van der Waals surface area contributed by atoms with Crippen LogP contribution in [-0.4, -0.2) is 35.5 Å². The quantitative estimate of drug-likeness (QED) is 0.463. The normalized spacial score (nSPS) is 15.0. The molecule has 0 aromatic heterocycles. The van der Waals surface area contributed by atoms with Crippen molar-refractivity contribution in [2.75, 3.05) is 19.6 Å². The van der Waals surface area contributed by atoms with Gasteiger partial charge < -0.3 is 4.90 Å². The molecule has 1 aliphatic rings. The van der Waals surface area contributed by atoms with E-state index in [0.717, 1.165) is 0 Å². The third-order valence-corrected chi connectivity index (χ3v) is 1.62. The molecule has 0 fully saturated rings. The first-order valence-electron chi connectivity index (χ1n) is 3.81. The number of aliphatic imine (C=N–C) groups is 1. The second kappa shape index (κ2) is 4.25. The molecule has 13 heavy (non-hydrogen) atoms. The van der Waals surface area contributed by atoms with Crippen molar-refractivity contribution in [3.8, 4) is 6.07 Å². The summed E-state index contributed by atoms with van der Waals surface area (Å²) in [5.41, 5.74) is 1.99. The Labute approximate surface area is 74.8 Å². The number of nitro groups is 1. The van der Waals surface area contributed by atoms with Crippen molar-refractivity contribution >= 4 is 5.96 Å². The van der Waals surface area contributed by atoms with Gasteiger partial charge in [-0.25, -0.2) is 15.1 Å². The highest BCUT2D eigenvalue weighted by molar-refractivity contribution is 5.80. The zero-order valence-corrected chi connectivity index (χ0v) is 6.93. The minimum Gasteiger partial charge on any atom is -0.336 e. The number of guanidine groups is 1. The molecule has 7 heteroatoms. The maximum absolute atomic E-state index is 10.1. The fraction of sp³-hybridized carbons (Fsp3) is 0.667. The molecule has 0 aromatic carbocycles. The van der Waals surface area contributed by atoms with Crippen LogP contribution in [0.1, 0.15) is 6.42 Å². The number of hydrazine groups is 1. The molecule has 1 heterocycles. The maximum Gasteiger partial charge on any atom is 0.257 e. The van der Waals surface area contributed by atoms with Gasteiger partial charge in [0.05, 0.1) is 19.0 Å². The number of nitrogens with zero attached hydrogens (tertiary/aromatic N) is 4. The molecule has 0 radical (unpaired) electrons. The van der Waals surface area contributed by atoms with E-state index >= 15 is 0 Å². The lowest BCUT2D eigenvalue weighted by molar-refractivity contribution is -0.526. The van der Waals surface area contributed by atoms with Crippen LogP contribution in [0.25, 0.3) is 0 Å². The van der Waals surface area contributed by atoms with Crippen LogP contribution in [0, 0.1) is 21.4 Å². The second-order valence-corrected chi connectivity index (χ2v) is 2.47. The molecular weight excluding hydrogens is 174 g/mol. The van der Waals surface area contributed by atoms with Gasteiger partial charge >= 0.3 is 0 Å². The van der Waals surface area contributed by atoms with Gasteiger partial charge in [0.25, 0.3) is 5.96 Å². The third-order valence-electron chi connectivity index (χ3n) is 1.62. The first-order valence-corrected chi connectivity index (χ1v) is 3.81. The SMILES string of the molecule is N#CCCN1CCN=C1N[N+](=O)[O-]. The van der Waals surface area contributed by atoms with Crippen LogP contribution < -0.4 is 5.43 Å². The zero-order chi connectivity index (χ0) is 9.68. The third kappa shape index (κ3) is 2.59. The molecular formula is C6H9N5O2. The van der Waals surface area contributed by atoms with Crippen molar-refractivity contribution in [1.82, 2.24) is 10.3 Å². The van der Waals surface area contributed by atoms with Crippen molar-refractivity contribution in [3.05, 3.63) is 10.1 Å². The highest BCUT2D eigenvalue weighted by atomic mass is 16.7. The smallest absolute Gasteiger partial charge is 0.257 e. The Morgan fingerprint density at radius 3 is 3.23 bits per heavy atom. The Bertz CT molecular complexity index is 269. The van der Waals surface area contributed by atoms with Crippen LogP contribution in [0.5, 0.6) is 0 Å². The topological polar surface area (TPSA) is 94.6 Å². The maximum atomic E-state index is 10.1. The average Bonchev–Trinajstić information content (AvgIpc) is 2.48. The molecule has 0 atom stereocenters. The van der Waals surface area contributed by atoms with Gasteiger partial charge in [-0.2, -0.15) is 5.26 Å². The zero-order valence-electron chi connectivity index (χ0n) is 6.93. The lowest BCUT2D eigenvalue weighted by Crippen LogP contribution is -2.41. The standard InChI is InChI=1S/C6H9N5O2/c7-2-1-4-10-5-3-8-6(10)9-11(12)13/h1,3-5H2,(H,8,9). The van der Waals surface area contributed by atoms with Crippen LogP contribution in [0.3, 0.4) is 0 Å². The van der Waals surface area contributed by atoms with E-state index in [0.29, 0.717) is 26.1 Å². The first kappa shape index (κ1) is 9.25. The van der Waals surface area contributed by atoms with Crippen LogP contribution in [-0.2, 0) is 0 Å². The van der Waals surface area contributed by atoms with Crippen molar-refractivity contribution in [2.24, 2.45) is 4.99 Å². The lowest BCUT2D eigenvalue weighted by Gasteiger charge is -2.15. The van der Waals surface area contributed by atoms with E-state index in [4.69, 9.17) is 5.26 Å². The second-order valence-electron chi connectivity index (χ2n) is 2.47. The molecule has 1 aliphatic heterocycles. The van der Waals surface area contributed by atoms with E-state index in [1.54, 1.807) is 4.90 Å². The Balaban J connectivity index is 2.43. The van der Waals surface area contributed by atoms with E-state index < -0.39 is 5.03 Å². The molecule has 1 N–H and O–H groups in total. The molecule has 0 aromatic rings. The van der Waals surface area contributed by atoms with Gasteiger partial charge in [-0.15, -0.1) is 0 Å². The summed E-state index contributed by atoms with van der Waals surface area (Å²) in [7, 11) is 0. The van der Waals surface area contributed by atoms with Gasteiger partial charge in [0.2, 0.25) is 0 Å². The van der Waals surface area contributed by atoms with Crippen molar-refractivity contribution < 1.29 is 5.03 Å². The molecule has 0 spiro atoms. The Morgan fingerprint density at radius 1 is 1.85 bits per heavy atom. The summed E-state index contributed by atoms with van der Waals surface area (Å²) < 4.78 is 0. The number of rotatable bonds is 3. The van der Waals surface area contributed by atoms with Gasteiger partial charge in [0.1, 0.15) is 0 Å². The van der Waals surface area contributed by atoms with Gasteiger partial charge in [-0.1, -0.05) is 5.43 Å².